The average Bonchev–Trinajstić information content (AvgIpc) is 3.30. The summed E-state index contributed by atoms with van der Waals surface area (Å²) in [6.07, 6.45) is 8.33. The molecule has 0 saturated heterocycles. The molecule has 1 unspecified atom stereocenters. The number of hydrogen-bond donors (Lipinski definition) is 1. The Morgan fingerprint density at radius 1 is 1.20 bits per heavy atom. The van der Waals surface area contributed by atoms with Crippen LogP contribution in [0.1, 0.15) is 36.4 Å². The third kappa shape index (κ3) is 3.58. The maximum absolute atomic E-state index is 6.29. The fourth-order valence-corrected chi connectivity index (χ4v) is 2.24. The molecule has 1 aliphatic rings. The summed E-state index contributed by atoms with van der Waals surface area (Å²) in [5, 5.41) is 0. The van der Waals surface area contributed by atoms with Gasteiger partial charge in [0.25, 0.3) is 0 Å². The predicted octanol–water partition coefficient (Wildman–Crippen LogP) is 3.26. The van der Waals surface area contributed by atoms with Crippen molar-refractivity contribution in [1.29, 1.82) is 0 Å². The highest BCUT2D eigenvalue weighted by molar-refractivity contribution is 5.31. The second kappa shape index (κ2) is 6.06. The van der Waals surface area contributed by atoms with E-state index in [0.717, 1.165) is 24.2 Å². The van der Waals surface area contributed by atoms with E-state index in [-0.39, 0.29) is 6.04 Å². The van der Waals surface area contributed by atoms with Gasteiger partial charge >= 0.3 is 0 Å². The first-order valence-electron chi connectivity index (χ1n) is 7.22. The van der Waals surface area contributed by atoms with Gasteiger partial charge in [0, 0.05) is 18.4 Å². The summed E-state index contributed by atoms with van der Waals surface area (Å²) in [5.74, 6) is 0.948. The molecule has 1 fully saturated rings. The van der Waals surface area contributed by atoms with Crippen LogP contribution >= 0.6 is 0 Å². The monoisotopic (exact) mass is 268 g/mol. The van der Waals surface area contributed by atoms with E-state index in [1.807, 2.05) is 36.7 Å². The summed E-state index contributed by atoms with van der Waals surface area (Å²) in [6.45, 7) is 0. The molecule has 0 aliphatic heterocycles. The van der Waals surface area contributed by atoms with E-state index in [2.05, 4.69) is 17.1 Å². The molecule has 0 radical (unpaired) electrons. The van der Waals surface area contributed by atoms with E-state index in [1.54, 1.807) is 0 Å². The number of aromatic nitrogens is 1. The van der Waals surface area contributed by atoms with Crippen LogP contribution in [-0.4, -0.2) is 11.1 Å². The maximum atomic E-state index is 6.29. The van der Waals surface area contributed by atoms with Crippen molar-refractivity contribution >= 4 is 0 Å². The van der Waals surface area contributed by atoms with Gasteiger partial charge in [0.15, 0.2) is 0 Å². The van der Waals surface area contributed by atoms with E-state index in [1.165, 1.54) is 18.4 Å². The quantitative estimate of drug-likeness (QED) is 0.874. The van der Waals surface area contributed by atoms with E-state index in [0.29, 0.717) is 6.10 Å². The lowest BCUT2D eigenvalue weighted by Crippen LogP contribution is -2.11. The molecule has 1 heterocycles. The minimum absolute atomic E-state index is 0.0471. The van der Waals surface area contributed by atoms with Gasteiger partial charge in [0.1, 0.15) is 5.75 Å². The van der Waals surface area contributed by atoms with E-state index < -0.39 is 0 Å². The number of pyridine rings is 1. The van der Waals surface area contributed by atoms with Gasteiger partial charge in [0.05, 0.1) is 6.10 Å². The lowest BCUT2D eigenvalue weighted by molar-refractivity contribution is 0.302. The SMILES string of the molecule is NC(CCc1ccncc1)c1cccc(OC2CC2)c1. The van der Waals surface area contributed by atoms with Crippen molar-refractivity contribution in [3.05, 3.63) is 59.9 Å². The predicted molar refractivity (Wildman–Crippen MR) is 79.6 cm³/mol. The van der Waals surface area contributed by atoms with E-state index in [4.69, 9.17) is 10.5 Å². The fourth-order valence-electron chi connectivity index (χ4n) is 2.24. The molecule has 3 rings (SSSR count). The van der Waals surface area contributed by atoms with Crippen LogP contribution in [0.2, 0.25) is 0 Å². The lowest BCUT2D eigenvalue weighted by Gasteiger charge is -2.13. The number of hydrogen-bond acceptors (Lipinski definition) is 3. The van der Waals surface area contributed by atoms with Gasteiger partial charge in [-0.1, -0.05) is 12.1 Å². The van der Waals surface area contributed by atoms with Crippen LogP contribution in [0.4, 0.5) is 0 Å². The number of nitrogens with two attached hydrogens (primary N) is 1. The third-order valence-corrected chi connectivity index (χ3v) is 3.61. The van der Waals surface area contributed by atoms with Crippen molar-refractivity contribution < 1.29 is 4.74 Å². The molecule has 3 heteroatoms. The van der Waals surface area contributed by atoms with Gasteiger partial charge in [-0.25, -0.2) is 0 Å². The molecule has 0 amide bonds. The van der Waals surface area contributed by atoms with Crippen LogP contribution in [0.5, 0.6) is 5.75 Å². The Labute approximate surface area is 119 Å². The number of benzene rings is 1. The fraction of sp³-hybridized carbons (Fsp3) is 0.353. The minimum Gasteiger partial charge on any atom is -0.490 e. The maximum Gasteiger partial charge on any atom is 0.120 e. The van der Waals surface area contributed by atoms with Gasteiger partial charge in [-0.15, -0.1) is 0 Å². The van der Waals surface area contributed by atoms with Crippen molar-refractivity contribution in [1.82, 2.24) is 4.98 Å². The van der Waals surface area contributed by atoms with Gasteiger partial charge in [-0.05, 0) is 61.1 Å². The number of rotatable bonds is 6. The first kappa shape index (κ1) is 13.1. The molecule has 20 heavy (non-hydrogen) atoms. The molecule has 1 atom stereocenters. The molecular weight excluding hydrogens is 248 g/mol. The summed E-state index contributed by atoms with van der Waals surface area (Å²) in [4.78, 5) is 4.03. The highest BCUT2D eigenvalue weighted by atomic mass is 16.5. The zero-order valence-corrected chi connectivity index (χ0v) is 11.5. The zero-order chi connectivity index (χ0) is 13.8. The van der Waals surface area contributed by atoms with Crippen LogP contribution in [0.3, 0.4) is 0 Å². The molecule has 1 aromatic carbocycles. The van der Waals surface area contributed by atoms with E-state index in [9.17, 15) is 0 Å². The number of nitrogens with zero attached hydrogens (tertiary/aromatic N) is 1. The molecule has 0 spiro atoms. The molecule has 0 bridgehead atoms. The highest BCUT2D eigenvalue weighted by Crippen LogP contribution is 2.28. The van der Waals surface area contributed by atoms with Crippen molar-refractivity contribution in [2.75, 3.05) is 0 Å². The molecule has 1 aromatic heterocycles. The second-order valence-corrected chi connectivity index (χ2v) is 5.39. The smallest absolute Gasteiger partial charge is 0.120 e. The standard InChI is InChI=1S/C17H20N2O/c18-17(7-4-13-8-10-19-11-9-13)14-2-1-3-16(12-14)20-15-5-6-15/h1-3,8-12,15,17H,4-7,18H2. The Balaban J connectivity index is 1.59. The summed E-state index contributed by atoms with van der Waals surface area (Å²) in [6, 6.07) is 12.3. The van der Waals surface area contributed by atoms with Crippen LogP contribution in [0.25, 0.3) is 0 Å². The Hall–Kier alpha value is -1.87. The second-order valence-electron chi connectivity index (χ2n) is 5.39. The largest absolute Gasteiger partial charge is 0.490 e. The third-order valence-electron chi connectivity index (χ3n) is 3.61. The van der Waals surface area contributed by atoms with Crippen molar-refractivity contribution in [3.8, 4) is 5.75 Å². The van der Waals surface area contributed by atoms with Crippen LogP contribution in [0.15, 0.2) is 48.8 Å². The van der Waals surface area contributed by atoms with Crippen molar-refractivity contribution in [3.63, 3.8) is 0 Å². The van der Waals surface area contributed by atoms with Gasteiger partial charge in [-0.3, -0.25) is 4.98 Å². The van der Waals surface area contributed by atoms with Crippen LogP contribution in [0, 0.1) is 0 Å². The van der Waals surface area contributed by atoms with Crippen molar-refractivity contribution in [2.24, 2.45) is 5.73 Å². The van der Waals surface area contributed by atoms with E-state index >= 15 is 0 Å². The van der Waals surface area contributed by atoms with Crippen LogP contribution < -0.4 is 10.5 Å². The molecule has 104 valence electrons. The Morgan fingerprint density at radius 2 is 2.00 bits per heavy atom. The summed E-state index contributed by atoms with van der Waals surface area (Å²) in [5.41, 5.74) is 8.72. The van der Waals surface area contributed by atoms with Gasteiger partial charge in [-0.2, -0.15) is 0 Å². The first-order valence-corrected chi connectivity index (χ1v) is 7.22. The molecule has 1 saturated carbocycles. The lowest BCUT2D eigenvalue weighted by atomic mass is 10.00. The molecule has 2 aromatic rings. The summed E-state index contributed by atoms with van der Waals surface area (Å²) in [7, 11) is 0. The minimum atomic E-state index is 0.0471. The zero-order valence-electron chi connectivity index (χ0n) is 11.5. The Bertz CT molecular complexity index is 552. The normalized spacial score (nSPS) is 15.8. The molecule has 2 N–H and O–H groups in total. The number of ether oxygens (including phenoxy) is 1. The summed E-state index contributed by atoms with van der Waals surface area (Å²) < 4.78 is 5.82. The van der Waals surface area contributed by atoms with Gasteiger partial charge < -0.3 is 10.5 Å². The Morgan fingerprint density at radius 3 is 2.75 bits per heavy atom. The van der Waals surface area contributed by atoms with Crippen LogP contribution in [-0.2, 0) is 6.42 Å². The topological polar surface area (TPSA) is 48.1 Å². The van der Waals surface area contributed by atoms with Crippen molar-refractivity contribution in [2.45, 2.75) is 37.8 Å². The molecule has 3 nitrogen and oxygen atoms in total. The van der Waals surface area contributed by atoms with Gasteiger partial charge in [0.2, 0.25) is 0 Å². The Kier molecular flexibility index (Phi) is 3.97. The molecular formula is C17H20N2O. The summed E-state index contributed by atoms with van der Waals surface area (Å²) >= 11 is 0. The average molecular weight is 268 g/mol. The number of aryl methyl sites for hydroxylation is 1. The molecule has 1 aliphatic carbocycles. The first-order chi connectivity index (χ1) is 9.81. The highest BCUT2D eigenvalue weighted by Gasteiger charge is 2.23.